The minimum Gasteiger partial charge on any atom is -0.497 e. The Balaban J connectivity index is 0.000000806. The van der Waals surface area contributed by atoms with Crippen LogP contribution >= 0.6 is 0 Å². The maximum absolute atomic E-state index is 13.2. The number of aromatic nitrogens is 4. The van der Waals surface area contributed by atoms with Crippen LogP contribution in [0.1, 0.15) is 46.0 Å². The van der Waals surface area contributed by atoms with Crippen molar-refractivity contribution in [2.24, 2.45) is 0 Å². The van der Waals surface area contributed by atoms with Crippen molar-refractivity contribution in [3.8, 4) is 5.75 Å². The predicted octanol–water partition coefficient (Wildman–Crippen LogP) is 2.43. The second-order valence-electron chi connectivity index (χ2n) is 6.87. The SMILES string of the molecule is CCn1nc(C)cc1C(=O)N1Cc2[nH]cnc2C(c2cccc(OC)c2)C1.O=CO. The number of carbonyl (C=O) groups excluding carboxylic acids is 1. The number of fused-ring (bicyclic) bond motifs is 1. The second-order valence-corrected chi connectivity index (χ2v) is 6.87. The number of nitrogens with zero attached hydrogens (tertiary/aromatic N) is 4. The van der Waals surface area contributed by atoms with Gasteiger partial charge in [0.05, 0.1) is 37.1 Å². The zero-order chi connectivity index (χ0) is 21.7. The number of nitrogens with one attached hydrogen (secondary N) is 1. The molecule has 9 heteroatoms. The molecule has 1 amide bonds. The van der Waals surface area contributed by atoms with Crippen molar-refractivity contribution in [1.82, 2.24) is 24.6 Å². The third-order valence-corrected chi connectivity index (χ3v) is 5.04. The van der Waals surface area contributed by atoms with Crippen LogP contribution in [0.2, 0.25) is 0 Å². The smallest absolute Gasteiger partial charge is 0.290 e. The molecule has 0 saturated heterocycles. The van der Waals surface area contributed by atoms with E-state index < -0.39 is 0 Å². The van der Waals surface area contributed by atoms with Gasteiger partial charge in [-0.25, -0.2) is 4.98 Å². The molecule has 9 nitrogen and oxygen atoms in total. The van der Waals surface area contributed by atoms with Gasteiger partial charge in [0, 0.05) is 19.0 Å². The Morgan fingerprint density at radius 3 is 2.87 bits per heavy atom. The van der Waals surface area contributed by atoms with Crippen molar-refractivity contribution >= 4 is 12.4 Å². The first-order chi connectivity index (χ1) is 14.5. The molecule has 0 saturated carbocycles. The Labute approximate surface area is 174 Å². The second kappa shape index (κ2) is 9.25. The van der Waals surface area contributed by atoms with E-state index >= 15 is 0 Å². The van der Waals surface area contributed by atoms with E-state index in [0.717, 1.165) is 28.4 Å². The lowest BCUT2D eigenvalue weighted by molar-refractivity contribution is -0.122. The number of hydrogen-bond donors (Lipinski definition) is 2. The van der Waals surface area contributed by atoms with Gasteiger partial charge in [0.25, 0.3) is 12.4 Å². The standard InChI is InChI=1S/C20H23N5O2.CH2O2/c1-4-25-18(8-13(2)23-25)20(26)24-10-16(19-17(11-24)21-12-22-19)14-6-5-7-15(9-14)27-3;2-1-3/h5-9,12,16H,4,10-11H2,1-3H3,(H,21,22);1H,(H,2,3). The molecule has 4 rings (SSSR count). The third kappa shape index (κ3) is 4.19. The number of H-pyrrole nitrogens is 1. The number of benzene rings is 1. The van der Waals surface area contributed by atoms with E-state index in [1.54, 1.807) is 18.1 Å². The molecule has 1 aliphatic rings. The molecule has 3 heterocycles. The summed E-state index contributed by atoms with van der Waals surface area (Å²) < 4.78 is 7.14. The van der Waals surface area contributed by atoms with Crippen molar-refractivity contribution < 1.29 is 19.4 Å². The van der Waals surface area contributed by atoms with Gasteiger partial charge in [0.1, 0.15) is 11.4 Å². The van der Waals surface area contributed by atoms with E-state index in [-0.39, 0.29) is 18.3 Å². The Bertz CT molecular complexity index is 1030. The maximum Gasteiger partial charge on any atom is 0.290 e. The third-order valence-electron chi connectivity index (χ3n) is 5.04. The highest BCUT2D eigenvalue weighted by atomic mass is 16.5. The molecule has 2 aromatic heterocycles. The first-order valence-electron chi connectivity index (χ1n) is 9.60. The topological polar surface area (TPSA) is 113 Å². The summed E-state index contributed by atoms with van der Waals surface area (Å²) in [7, 11) is 1.66. The molecular formula is C21H25N5O4. The van der Waals surface area contributed by atoms with Gasteiger partial charge in [0.2, 0.25) is 0 Å². The van der Waals surface area contributed by atoms with E-state index in [4.69, 9.17) is 14.6 Å². The van der Waals surface area contributed by atoms with Gasteiger partial charge >= 0.3 is 0 Å². The molecule has 1 atom stereocenters. The fourth-order valence-electron chi connectivity index (χ4n) is 3.72. The maximum atomic E-state index is 13.2. The van der Waals surface area contributed by atoms with Gasteiger partial charge in [-0.1, -0.05) is 12.1 Å². The van der Waals surface area contributed by atoms with Gasteiger partial charge in [-0.3, -0.25) is 14.3 Å². The van der Waals surface area contributed by atoms with Crippen LogP contribution in [0.5, 0.6) is 5.75 Å². The minimum atomic E-state index is -0.250. The highest BCUT2D eigenvalue weighted by molar-refractivity contribution is 5.93. The van der Waals surface area contributed by atoms with Crippen molar-refractivity contribution in [1.29, 1.82) is 0 Å². The number of imidazole rings is 1. The number of aryl methyl sites for hydroxylation is 2. The average Bonchev–Trinajstić information content (AvgIpc) is 3.39. The minimum absolute atomic E-state index is 0.00172. The fraction of sp³-hybridized carbons (Fsp3) is 0.333. The molecule has 158 valence electrons. The quantitative estimate of drug-likeness (QED) is 0.638. The number of methoxy groups -OCH3 is 1. The first kappa shape index (κ1) is 21.1. The van der Waals surface area contributed by atoms with E-state index in [1.165, 1.54) is 0 Å². The van der Waals surface area contributed by atoms with E-state index in [9.17, 15) is 4.79 Å². The van der Waals surface area contributed by atoms with E-state index in [0.29, 0.717) is 25.3 Å². The van der Waals surface area contributed by atoms with Gasteiger partial charge in [-0.2, -0.15) is 5.10 Å². The van der Waals surface area contributed by atoms with Crippen molar-refractivity contribution in [3.05, 3.63) is 65.0 Å². The summed E-state index contributed by atoms with van der Waals surface area (Å²) in [5, 5.41) is 11.3. The van der Waals surface area contributed by atoms with Gasteiger partial charge < -0.3 is 19.7 Å². The molecule has 1 unspecified atom stereocenters. The van der Waals surface area contributed by atoms with Crippen LogP contribution in [0.3, 0.4) is 0 Å². The van der Waals surface area contributed by atoms with Crippen LogP contribution in [-0.4, -0.2) is 55.8 Å². The molecule has 0 aliphatic carbocycles. The van der Waals surface area contributed by atoms with Crippen LogP contribution in [0.4, 0.5) is 0 Å². The Morgan fingerprint density at radius 2 is 2.17 bits per heavy atom. The van der Waals surface area contributed by atoms with Crippen LogP contribution in [0.25, 0.3) is 0 Å². The summed E-state index contributed by atoms with van der Waals surface area (Å²) in [5.74, 6) is 0.788. The molecule has 0 bridgehead atoms. The predicted molar refractivity (Wildman–Crippen MR) is 109 cm³/mol. The van der Waals surface area contributed by atoms with E-state index in [2.05, 4.69) is 21.1 Å². The lowest BCUT2D eigenvalue weighted by Gasteiger charge is -2.32. The summed E-state index contributed by atoms with van der Waals surface area (Å²) in [6.45, 7) is 5.40. The first-order valence-corrected chi connectivity index (χ1v) is 9.60. The molecular weight excluding hydrogens is 386 g/mol. The molecule has 0 fully saturated rings. The normalized spacial score (nSPS) is 15.0. The molecule has 2 N–H and O–H groups in total. The molecule has 0 radical (unpaired) electrons. The lowest BCUT2D eigenvalue weighted by Crippen LogP contribution is -2.39. The van der Waals surface area contributed by atoms with Crippen molar-refractivity contribution in [2.45, 2.75) is 32.9 Å². The van der Waals surface area contributed by atoms with Crippen LogP contribution in [-0.2, 0) is 17.9 Å². The zero-order valence-corrected chi connectivity index (χ0v) is 17.2. The zero-order valence-electron chi connectivity index (χ0n) is 17.2. The Morgan fingerprint density at radius 1 is 1.40 bits per heavy atom. The molecule has 3 aromatic rings. The largest absolute Gasteiger partial charge is 0.497 e. The molecule has 1 aromatic carbocycles. The number of hydrogen-bond acceptors (Lipinski definition) is 5. The number of aromatic amines is 1. The fourth-order valence-corrected chi connectivity index (χ4v) is 3.72. The monoisotopic (exact) mass is 411 g/mol. The van der Waals surface area contributed by atoms with Crippen LogP contribution in [0, 0.1) is 6.92 Å². The average molecular weight is 411 g/mol. The van der Waals surface area contributed by atoms with E-state index in [1.807, 2.05) is 43.0 Å². The lowest BCUT2D eigenvalue weighted by atomic mass is 9.90. The van der Waals surface area contributed by atoms with Crippen LogP contribution in [0.15, 0.2) is 36.7 Å². The Hall–Kier alpha value is -3.62. The highest BCUT2D eigenvalue weighted by Crippen LogP contribution is 2.33. The van der Waals surface area contributed by atoms with Gasteiger partial charge in [-0.05, 0) is 37.6 Å². The number of amides is 1. The molecule has 0 spiro atoms. The van der Waals surface area contributed by atoms with Gasteiger partial charge in [-0.15, -0.1) is 0 Å². The Kier molecular flexibility index (Phi) is 6.51. The summed E-state index contributed by atoms with van der Waals surface area (Å²) >= 11 is 0. The number of rotatable bonds is 4. The number of carbonyl (C=O) groups is 2. The summed E-state index contributed by atoms with van der Waals surface area (Å²) in [4.78, 5) is 31.2. The molecule has 30 heavy (non-hydrogen) atoms. The molecule has 1 aliphatic heterocycles. The summed E-state index contributed by atoms with van der Waals surface area (Å²) in [5.41, 5.74) is 4.53. The van der Waals surface area contributed by atoms with Crippen LogP contribution < -0.4 is 4.74 Å². The summed E-state index contributed by atoms with van der Waals surface area (Å²) in [6.07, 6.45) is 1.70. The number of carboxylic acid groups (broad SMARTS) is 1. The van der Waals surface area contributed by atoms with Crippen molar-refractivity contribution in [3.63, 3.8) is 0 Å². The summed E-state index contributed by atoms with van der Waals surface area (Å²) in [6, 6.07) is 9.81. The van der Waals surface area contributed by atoms with Gasteiger partial charge in [0.15, 0.2) is 0 Å². The highest BCUT2D eigenvalue weighted by Gasteiger charge is 2.33. The van der Waals surface area contributed by atoms with Crippen molar-refractivity contribution in [2.75, 3.05) is 13.7 Å². The number of ether oxygens (including phenoxy) is 1.